The number of halogens is 4. The van der Waals surface area contributed by atoms with Gasteiger partial charge < -0.3 is 15.2 Å². The summed E-state index contributed by atoms with van der Waals surface area (Å²) in [5, 5.41) is 16.0. The zero-order valence-corrected chi connectivity index (χ0v) is 22.0. The minimum absolute atomic E-state index is 0.0358. The number of carbonyl (C=O) groups is 1. The number of anilines is 1. The summed E-state index contributed by atoms with van der Waals surface area (Å²) < 4.78 is 49.1. The van der Waals surface area contributed by atoms with Crippen LogP contribution in [0.1, 0.15) is 49.8 Å². The van der Waals surface area contributed by atoms with Gasteiger partial charge in [-0.15, -0.1) is 0 Å². The third-order valence-electron chi connectivity index (χ3n) is 8.38. The third-order valence-corrected chi connectivity index (χ3v) is 8.61. The highest BCUT2D eigenvalue weighted by atomic mass is 35.5. The van der Waals surface area contributed by atoms with E-state index in [1.807, 2.05) is 12.1 Å². The van der Waals surface area contributed by atoms with Crippen molar-refractivity contribution in [1.82, 2.24) is 14.7 Å². The Hall–Kier alpha value is -3.02. The van der Waals surface area contributed by atoms with Crippen LogP contribution in [0.2, 0.25) is 5.02 Å². The van der Waals surface area contributed by atoms with Gasteiger partial charge in [0.2, 0.25) is 5.91 Å². The van der Waals surface area contributed by atoms with Crippen molar-refractivity contribution < 1.29 is 27.8 Å². The second-order valence-corrected chi connectivity index (χ2v) is 11.6. The number of nitrogens with one attached hydrogen (secondary N) is 2. The Morgan fingerprint density at radius 2 is 1.87 bits per heavy atom. The second-order valence-electron chi connectivity index (χ2n) is 11.2. The highest BCUT2D eigenvalue weighted by Gasteiger charge is 2.48. The number of aromatic amines is 1. The SMILES string of the molecule is CC1(O)CC(n2[nH]c(=O)c3cc(OCCN4CCC5(CC4)C(=O)Nc4ccc(Cl)cc45)cc(C(F)(F)F)c32)C1. The number of rotatable bonds is 5. The fourth-order valence-electron chi connectivity index (χ4n) is 6.31. The van der Waals surface area contributed by atoms with Crippen LogP contribution in [-0.2, 0) is 16.4 Å². The molecule has 0 unspecified atom stereocenters. The molecule has 12 heteroatoms. The molecular weight excluding hydrogens is 537 g/mol. The molecule has 2 fully saturated rings. The lowest BCUT2D eigenvalue weighted by Crippen LogP contribution is -2.47. The van der Waals surface area contributed by atoms with Crippen LogP contribution in [0.5, 0.6) is 5.75 Å². The van der Waals surface area contributed by atoms with Gasteiger partial charge in [0, 0.05) is 17.3 Å². The van der Waals surface area contributed by atoms with Crippen LogP contribution >= 0.6 is 11.6 Å². The quantitative estimate of drug-likeness (QED) is 0.425. The molecule has 0 radical (unpaired) electrons. The molecule has 39 heavy (non-hydrogen) atoms. The summed E-state index contributed by atoms with van der Waals surface area (Å²) in [5.41, 5.74) is -1.72. The van der Waals surface area contributed by atoms with Gasteiger partial charge in [0.25, 0.3) is 5.56 Å². The van der Waals surface area contributed by atoms with E-state index in [9.17, 15) is 27.9 Å². The first-order chi connectivity index (χ1) is 18.4. The molecule has 6 rings (SSSR count). The molecule has 3 aromatic rings. The van der Waals surface area contributed by atoms with Crippen molar-refractivity contribution in [3.8, 4) is 5.75 Å². The first-order valence-electron chi connectivity index (χ1n) is 12.9. The van der Waals surface area contributed by atoms with Crippen LogP contribution in [0, 0.1) is 0 Å². The van der Waals surface area contributed by atoms with Crippen molar-refractivity contribution in [2.75, 3.05) is 31.6 Å². The third kappa shape index (κ3) is 4.50. The predicted octanol–water partition coefficient (Wildman–Crippen LogP) is 4.45. The number of likely N-dealkylation sites (tertiary alicyclic amines) is 1. The van der Waals surface area contributed by atoms with Gasteiger partial charge in [-0.25, -0.2) is 0 Å². The van der Waals surface area contributed by atoms with E-state index in [1.165, 1.54) is 10.7 Å². The van der Waals surface area contributed by atoms with Crippen molar-refractivity contribution in [1.29, 1.82) is 0 Å². The van der Waals surface area contributed by atoms with E-state index in [1.54, 1.807) is 13.0 Å². The summed E-state index contributed by atoms with van der Waals surface area (Å²) in [6.45, 7) is 3.41. The fraction of sp³-hybridized carbons (Fsp3) is 0.481. The summed E-state index contributed by atoms with van der Waals surface area (Å²) in [4.78, 5) is 27.6. The molecule has 0 bridgehead atoms. The Balaban J connectivity index is 1.15. The molecular formula is C27H28ClF3N4O4. The lowest BCUT2D eigenvalue weighted by Gasteiger charge is -2.41. The summed E-state index contributed by atoms with van der Waals surface area (Å²) in [7, 11) is 0. The molecule has 3 N–H and O–H groups in total. The van der Waals surface area contributed by atoms with E-state index in [0.717, 1.165) is 17.3 Å². The van der Waals surface area contributed by atoms with E-state index < -0.39 is 34.4 Å². The average Bonchev–Trinajstić information content (AvgIpc) is 3.31. The normalized spacial score (nSPS) is 24.6. The van der Waals surface area contributed by atoms with E-state index in [0.29, 0.717) is 37.5 Å². The Bertz CT molecular complexity index is 1510. The maximum Gasteiger partial charge on any atom is 0.418 e. The molecule has 1 aromatic heterocycles. The molecule has 1 amide bonds. The number of ether oxygens (including phenoxy) is 1. The highest BCUT2D eigenvalue weighted by molar-refractivity contribution is 6.31. The number of carbonyl (C=O) groups excluding carboxylic acids is 1. The van der Waals surface area contributed by atoms with Crippen LogP contribution < -0.4 is 15.6 Å². The zero-order chi connectivity index (χ0) is 27.7. The van der Waals surface area contributed by atoms with Crippen LogP contribution in [0.15, 0.2) is 35.1 Å². The first kappa shape index (κ1) is 26.2. The van der Waals surface area contributed by atoms with Gasteiger partial charge >= 0.3 is 6.18 Å². The smallest absolute Gasteiger partial charge is 0.418 e. The van der Waals surface area contributed by atoms with E-state index in [4.69, 9.17) is 16.3 Å². The minimum Gasteiger partial charge on any atom is -0.492 e. The van der Waals surface area contributed by atoms with Crippen LogP contribution in [0.25, 0.3) is 10.9 Å². The lowest BCUT2D eigenvalue weighted by atomic mass is 9.73. The number of fused-ring (bicyclic) bond motifs is 3. The van der Waals surface area contributed by atoms with Crippen molar-refractivity contribution in [2.24, 2.45) is 0 Å². The molecule has 8 nitrogen and oxygen atoms in total. The Kier molecular flexibility index (Phi) is 6.05. The van der Waals surface area contributed by atoms with Gasteiger partial charge in [-0.2, -0.15) is 13.2 Å². The largest absolute Gasteiger partial charge is 0.492 e. The molecule has 2 aliphatic heterocycles. The monoisotopic (exact) mass is 564 g/mol. The topological polar surface area (TPSA) is 99.6 Å². The fourth-order valence-corrected chi connectivity index (χ4v) is 6.48. The number of hydrogen-bond donors (Lipinski definition) is 3. The number of alkyl halides is 3. The maximum absolute atomic E-state index is 14.1. The molecule has 0 atom stereocenters. The van der Waals surface area contributed by atoms with Gasteiger partial charge in [0.05, 0.1) is 33.5 Å². The standard InChI is InChI=1S/C27H28ClF3N4O4/c1-25(38)13-16(14-25)35-22-18(23(36)33-35)11-17(12-20(22)27(29,30)31)39-9-8-34-6-4-26(5-7-34)19-10-15(28)2-3-21(19)32-24(26)37/h2-3,10-12,16,38H,4-9,13-14H2,1H3,(H,32,37)(H,33,36). The summed E-state index contributed by atoms with van der Waals surface area (Å²) in [6, 6.07) is 7.23. The molecule has 1 saturated heterocycles. The molecule has 3 heterocycles. The average molecular weight is 565 g/mol. The number of benzene rings is 2. The van der Waals surface area contributed by atoms with E-state index in [2.05, 4.69) is 15.3 Å². The van der Waals surface area contributed by atoms with Crippen LogP contribution in [0.3, 0.4) is 0 Å². The Morgan fingerprint density at radius 1 is 1.15 bits per heavy atom. The Labute approximate surface area is 226 Å². The van der Waals surface area contributed by atoms with Crippen molar-refractivity contribution >= 4 is 34.1 Å². The van der Waals surface area contributed by atoms with Gasteiger partial charge in [-0.1, -0.05) is 11.6 Å². The minimum atomic E-state index is -4.71. The summed E-state index contributed by atoms with van der Waals surface area (Å²) in [5.74, 6) is -0.0720. The number of hydrogen-bond acceptors (Lipinski definition) is 5. The number of amides is 1. The van der Waals surface area contributed by atoms with E-state index >= 15 is 0 Å². The van der Waals surface area contributed by atoms with Gasteiger partial charge in [-0.3, -0.25) is 24.3 Å². The number of piperidine rings is 1. The molecule has 1 spiro atoms. The van der Waals surface area contributed by atoms with Crippen LogP contribution in [-0.4, -0.2) is 57.5 Å². The van der Waals surface area contributed by atoms with Crippen molar-refractivity contribution in [2.45, 2.75) is 55.8 Å². The van der Waals surface area contributed by atoms with E-state index in [-0.39, 0.29) is 42.0 Å². The number of nitrogens with zero attached hydrogens (tertiary/aromatic N) is 2. The number of aromatic nitrogens is 2. The maximum atomic E-state index is 14.1. The summed E-state index contributed by atoms with van der Waals surface area (Å²) >= 11 is 6.18. The van der Waals surface area contributed by atoms with Gasteiger partial charge in [0.15, 0.2) is 0 Å². The second kappa shape index (κ2) is 9.00. The number of aliphatic hydroxyl groups is 1. The lowest BCUT2D eigenvalue weighted by molar-refractivity contribution is -0.136. The molecule has 1 saturated carbocycles. The summed E-state index contributed by atoms with van der Waals surface area (Å²) in [6.07, 6.45) is -3.03. The Morgan fingerprint density at radius 3 is 2.54 bits per heavy atom. The number of H-pyrrole nitrogens is 1. The van der Waals surface area contributed by atoms with Crippen molar-refractivity contribution in [3.63, 3.8) is 0 Å². The predicted molar refractivity (Wildman–Crippen MR) is 139 cm³/mol. The van der Waals surface area contributed by atoms with Crippen LogP contribution in [0.4, 0.5) is 18.9 Å². The van der Waals surface area contributed by atoms with Crippen molar-refractivity contribution in [3.05, 3.63) is 56.8 Å². The van der Waals surface area contributed by atoms with Gasteiger partial charge in [0.1, 0.15) is 12.4 Å². The molecule has 208 valence electrons. The molecule has 2 aromatic carbocycles. The first-order valence-corrected chi connectivity index (χ1v) is 13.3. The molecule has 1 aliphatic carbocycles. The zero-order valence-electron chi connectivity index (χ0n) is 21.2. The van der Waals surface area contributed by atoms with Gasteiger partial charge in [-0.05, 0) is 81.6 Å². The molecule has 3 aliphatic rings. The highest BCUT2D eigenvalue weighted by Crippen LogP contribution is 2.46.